The van der Waals surface area contributed by atoms with Gasteiger partial charge in [-0.2, -0.15) is 0 Å². The molecule has 1 aromatic rings. The first kappa shape index (κ1) is 12.2. The Bertz CT molecular complexity index is 286. The maximum atomic E-state index is 8.69. The molecule has 0 aliphatic rings. The number of hydrogen-bond donors (Lipinski definition) is 1. The van der Waals surface area contributed by atoms with Crippen LogP contribution in [-0.2, 0) is 6.54 Å². The fourth-order valence-electron chi connectivity index (χ4n) is 1.69. The summed E-state index contributed by atoms with van der Waals surface area (Å²) in [6.07, 6.45) is 1.97. The average molecular weight is 207 g/mol. The van der Waals surface area contributed by atoms with Crippen LogP contribution in [0.3, 0.4) is 0 Å². The van der Waals surface area contributed by atoms with Gasteiger partial charge < -0.3 is 10.0 Å². The lowest BCUT2D eigenvalue weighted by Gasteiger charge is -2.16. The van der Waals surface area contributed by atoms with Crippen LogP contribution in [0.2, 0.25) is 0 Å². The third-order valence-electron chi connectivity index (χ3n) is 2.48. The fourth-order valence-corrected chi connectivity index (χ4v) is 1.69. The predicted octanol–water partition coefficient (Wildman–Crippen LogP) is 2.20. The molecule has 0 spiro atoms. The molecule has 0 aromatic heterocycles. The molecule has 84 valence electrons. The highest BCUT2D eigenvalue weighted by molar-refractivity contribution is 5.21. The first-order valence-electron chi connectivity index (χ1n) is 5.57. The van der Waals surface area contributed by atoms with Gasteiger partial charge >= 0.3 is 0 Å². The van der Waals surface area contributed by atoms with Crippen molar-refractivity contribution < 1.29 is 5.11 Å². The molecule has 0 atom stereocenters. The standard InChI is InChI=1S/C13H21NO/c1-12-6-5-7-13(10-12)11-14(2)8-3-4-9-15/h5-7,10,15H,3-4,8-9,11H2,1-2H3. The highest BCUT2D eigenvalue weighted by Gasteiger charge is 1.99. The van der Waals surface area contributed by atoms with Gasteiger partial charge in [-0.25, -0.2) is 0 Å². The van der Waals surface area contributed by atoms with Gasteiger partial charge in [0.1, 0.15) is 0 Å². The Kier molecular flexibility index (Phi) is 5.37. The Hall–Kier alpha value is -0.860. The Labute approximate surface area is 92.5 Å². The third-order valence-corrected chi connectivity index (χ3v) is 2.48. The quantitative estimate of drug-likeness (QED) is 0.723. The molecule has 1 rings (SSSR count). The highest BCUT2D eigenvalue weighted by atomic mass is 16.2. The molecule has 0 saturated heterocycles. The molecule has 0 aliphatic heterocycles. The van der Waals surface area contributed by atoms with E-state index in [4.69, 9.17) is 5.11 Å². The van der Waals surface area contributed by atoms with Crippen molar-refractivity contribution in [1.29, 1.82) is 0 Å². The molecule has 0 saturated carbocycles. The van der Waals surface area contributed by atoms with Crippen molar-refractivity contribution in [3.05, 3.63) is 35.4 Å². The van der Waals surface area contributed by atoms with E-state index in [-0.39, 0.29) is 0 Å². The van der Waals surface area contributed by atoms with Crippen molar-refractivity contribution in [3.63, 3.8) is 0 Å². The van der Waals surface area contributed by atoms with Crippen LogP contribution in [0.4, 0.5) is 0 Å². The molecular formula is C13H21NO. The van der Waals surface area contributed by atoms with E-state index in [0.717, 1.165) is 25.9 Å². The number of hydrogen-bond acceptors (Lipinski definition) is 2. The summed E-state index contributed by atoms with van der Waals surface area (Å²) in [5, 5.41) is 8.69. The SMILES string of the molecule is Cc1cccc(CN(C)CCCCO)c1. The minimum Gasteiger partial charge on any atom is -0.396 e. The molecule has 0 unspecified atom stereocenters. The molecule has 1 aromatic carbocycles. The molecule has 1 N–H and O–H groups in total. The molecule has 2 heteroatoms. The smallest absolute Gasteiger partial charge is 0.0431 e. The van der Waals surface area contributed by atoms with Crippen molar-refractivity contribution in [3.8, 4) is 0 Å². The van der Waals surface area contributed by atoms with E-state index in [1.807, 2.05) is 0 Å². The summed E-state index contributed by atoms with van der Waals surface area (Å²) >= 11 is 0. The lowest BCUT2D eigenvalue weighted by molar-refractivity contribution is 0.261. The minimum absolute atomic E-state index is 0.304. The number of nitrogens with zero attached hydrogens (tertiary/aromatic N) is 1. The fraction of sp³-hybridized carbons (Fsp3) is 0.538. The van der Waals surface area contributed by atoms with E-state index >= 15 is 0 Å². The molecular weight excluding hydrogens is 186 g/mol. The number of rotatable bonds is 6. The second-order valence-electron chi connectivity index (χ2n) is 4.16. The second-order valence-corrected chi connectivity index (χ2v) is 4.16. The van der Waals surface area contributed by atoms with Gasteiger partial charge in [0, 0.05) is 13.2 Å². The topological polar surface area (TPSA) is 23.5 Å². The predicted molar refractivity (Wildman–Crippen MR) is 63.8 cm³/mol. The third kappa shape index (κ3) is 4.96. The molecule has 0 bridgehead atoms. The first-order chi connectivity index (χ1) is 7.22. The van der Waals surface area contributed by atoms with Crippen LogP contribution in [0.5, 0.6) is 0 Å². The Morgan fingerprint density at radius 3 is 2.73 bits per heavy atom. The molecule has 2 nitrogen and oxygen atoms in total. The number of aliphatic hydroxyl groups is 1. The monoisotopic (exact) mass is 207 g/mol. The van der Waals surface area contributed by atoms with Crippen LogP contribution >= 0.6 is 0 Å². The van der Waals surface area contributed by atoms with E-state index in [2.05, 4.69) is 43.1 Å². The van der Waals surface area contributed by atoms with Gasteiger partial charge in [-0.1, -0.05) is 29.8 Å². The summed E-state index contributed by atoms with van der Waals surface area (Å²) in [6.45, 7) is 4.47. The Morgan fingerprint density at radius 1 is 1.27 bits per heavy atom. The van der Waals surface area contributed by atoms with E-state index in [1.54, 1.807) is 0 Å². The van der Waals surface area contributed by atoms with Crippen LogP contribution in [0.25, 0.3) is 0 Å². The summed E-state index contributed by atoms with van der Waals surface area (Å²) in [5.41, 5.74) is 2.68. The second kappa shape index (κ2) is 6.59. The van der Waals surface area contributed by atoms with E-state index in [0.29, 0.717) is 6.61 Å². The maximum absolute atomic E-state index is 8.69. The number of aryl methyl sites for hydroxylation is 1. The van der Waals surface area contributed by atoms with Crippen molar-refractivity contribution in [2.75, 3.05) is 20.2 Å². The van der Waals surface area contributed by atoms with Gasteiger partial charge in [0.2, 0.25) is 0 Å². The van der Waals surface area contributed by atoms with Gasteiger partial charge in [-0.3, -0.25) is 0 Å². The largest absolute Gasteiger partial charge is 0.396 e. The lowest BCUT2D eigenvalue weighted by Crippen LogP contribution is -2.19. The Morgan fingerprint density at radius 2 is 2.07 bits per heavy atom. The van der Waals surface area contributed by atoms with Crippen LogP contribution in [0.1, 0.15) is 24.0 Å². The molecule has 0 amide bonds. The van der Waals surface area contributed by atoms with Gasteiger partial charge in [-0.05, 0) is 38.9 Å². The minimum atomic E-state index is 0.304. The summed E-state index contributed by atoms with van der Waals surface area (Å²) in [7, 11) is 2.12. The summed E-state index contributed by atoms with van der Waals surface area (Å²) in [4.78, 5) is 2.30. The number of benzene rings is 1. The van der Waals surface area contributed by atoms with Gasteiger partial charge in [0.15, 0.2) is 0 Å². The average Bonchev–Trinajstić information content (AvgIpc) is 2.18. The van der Waals surface area contributed by atoms with Gasteiger partial charge in [0.25, 0.3) is 0 Å². The molecule has 0 fully saturated rings. The molecule has 15 heavy (non-hydrogen) atoms. The van der Waals surface area contributed by atoms with Crippen LogP contribution in [-0.4, -0.2) is 30.2 Å². The lowest BCUT2D eigenvalue weighted by atomic mass is 10.1. The van der Waals surface area contributed by atoms with Crippen LogP contribution in [0.15, 0.2) is 24.3 Å². The van der Waals surface area contributed by atoms with Gasteiger partial charge in [0.05, 0.1) is 0 Å². The summed E-state index contributed by atoms with van der Waals surface area (Å²) in [5.74, 6) is 0. The van der Waals surface area contributed by atoms with Crippen LogP contribution in [0, 0.1) is 6.92 Å². The normalized spacial score (nSPS) is 10.9. The van der Waals surface area contributed by atoms with Crippen LogP contribution < -0.4 is 0 Å². The van der Waals surface area contributed by atoms with Crippen molar-refractivity contribution >= 4 is 0 Å². The zero-order valence-electron chi connectivity index (χ0n) is 9.74. The van der Waals surface area contributed by atoms with Crippen molar-refractivity contribution in [1.82, 2.24) is 4.90 Å². The highest BCUT2D eigenvalue weighted by Crippen LogP contribution is 2.07. The van der Waals surface area contributed by atoms with Crippen molar-refractivity contribution in [2.45, 2.75) is 26.3 Å². The van der Waals surface area contributed by atoms with E-state index in [1.165, 1.54) is 11.1 Å². The van der Waals surface area contributed by atoms with Gasteiger partial charge in [-0.15, -0.1) is 0 Å². The summed E-state index contributed by atoms with van der Waals surface area (Å²) < 4.78 is 0. The first-order valence-corrected chi connectivity index (χ1v) is 5.57. The zero-order valence-corrected chi connectivity index (χ0v) is 9.74. The van der Waals surface area contributed by atoms with Crippen molar-refractivity contribution in [2.24, 2.45) is 0 Å². The van der Waals surface area contributed by atoms with E-state index in [9.17, 15) is 0 Å². The van der Waals surface area contributed by atoms with E-state index < -0.39 is 0 Å². The maximum Gasteiger partial charge on any atom is 0.0431 e. The molecule has 0 radical (unpaired) electrons. The molecule has 0 aliphatic carbocycles. The summed E-state index contributed by atoms with van der Waals surface area (Å²) in [6, 6.07) is 8.61. The Balaban J connectivity index is 2.34. The zero-order chi connectivity index (χ0) is 11.1. The number of unbranched alkanes of at least 4 members (excludes halogenated alkanes) is 1. The molecule has 0 heterocycles. The number of aliphatic hydroxyl groups excluding tert-OH is 1.